The van der Waals surface area contributed by atoms with Crippen molar-refractivity contribution in [3.05, 3.63) is 11.7 Å². The van der Waals surface area contributed by atoms with Gasteiger partial charge in [0, 0.05) is 19.4 Å². The second-order valence-electron chi connectivity index (χ2n) is 3.01. The van der Waals surface area contributed by atoms with Gasteiger partial charge in [0.05, 0.1) is 0 Å². The molecule has 1 aromatic rings. The molecular formula is C8H15N3O. The second kappa shape index (κ2) is 4.21. The molecule has 0 spiro atoms. The van der Waals surface area contributed by atoms with Crippen molar-refractivity contribution in [3.63, 3.8) is 0 Å². The van der Waals surface area contributed by atoms with Crippen molar-refractivity contribution < 1.29 is 4.52 Å². The van der Waals surface area contributed by atoms with Gasteiger partial charge in [-0.05, 0) is 14.1 Å². The van der Waals surface area contributed by atoms with Crippen LogP contribution in [0.3, 0.4) is 0 Å². The van der Waals surface area contributed by atoms with Crippen molar-refractivity contribution >= 4 is 0 Å². The molecule has 12 heavy (non-hydrogen) atoms. The standard InChI is InChI=1S/C8H15N3O/c1-4-8-9-7(10-12-8)5-6-11(2)3/h4-6H2,1-3H3. The third-order valence-electron chi connectivity index (χ3n) is 1.60. The summed E-state index contributed by atoms with van der Waals surface area (Å²) < 4.78 is 4.97. The summed E-state index contributed by atoms with van der Waals surface area (Å²) in [6.07, 6.45) is 1.67. The summed E-state index contributed by atoms with van der Waals surface area (Å²) in [5, 5.41) is 3.85. The van der Waals surface area contributed by atoms with Crippen molar-refractivity contribution in [1.82, 2.24) is 15.0 Å². The maximum Gasteiger partial charge on any atom is 0.226 e. The lowest BCUT2D eigenvalue weighted by Crippen LogP contribution is -2.15. The van der Waals surface area contributed by atoms with Gasteiger partial charge in [0.2, 0.25) is 5.89 Å². The summed E-state index contributed by atoms with van der Waals surface area (Å²) in [4.78, 5) is 6.30. The maximum absolute atomic E-state index is 4.97. The Morgan fingerprint density at radius 2 is 2.17 bits per heavy atom. The molecule has 0 aromatic carbocycles. The molecule has 0 N–H and O–H groups in total. The Hall–Kier alpha value is -0.900. The number of aryl methyl sites for hydroxylation is 1. The molecule has 4 heteroatoms. The Balaban J connectivity index is 2.41. The number of hydrogen-bond acceptors (Lipinski definition) is 4. The van der Waals surface area contributed by atoms with Crippen LogP contribution >= 0.6 is 0 Å². The molecule has 0 fully saturated rings. The van der Waals surface area contributed by atoms with Gasteiger partial charge >= 0.3 is 0 Å². The van der Waals surface area contributed by atoms with Crippen LogP contribution in [0.4, 0.5) is 0 Å². The fourth-order valence-corrected chi connectivity index (χ4v) is 0.859. The molecule has 0 aliphatic carbocycles. The predicted molar refractivity (Wildman–Crippen MR) is 45.9 cm³/mol. The summed E-state index contributed by atoms with van der Waals surface area (Å²) in [5.74, 6) is 1.53. The molecule has 0 saturated heterocycles. The number of aromatic nitrogens is 2. The number of hydrogen-bond donors (Lipinski definition) is 0. The van der Waals surface area contributed by atoms with E-state index in [1.54, 1.807) is 0 Å². The summed E-state index contributed by atoms with van der Waals surface area (Å²) in [5.41, 5.74) is 0. The molecular weight excluding hydrogens is 154 g/mol. The van der Waals surface area contributed by atoms with Gasteiger partial charge in [0.15, 0.2) is 5.82 Å². The highest BCUT2D eigenvalue weighted by molar-refractivity contribution is 4.86. The monoisotopic (exact) mass is 169 g/mol. The molecule has 1 rings (SSSR count). The zero-order chi connectivity index (χ0) is 8.97. The fraction of sp³-hybridized carbons (Fsp3) is 0.750. The van der Waals surface area contributed by atoms with Crippen LogP contribution in [-0.4, -0.2) is 35.7 Å². The van der Waals surface area contributed by atoms with Crippen molar-refractivity contribution in [2.45, 2.75) is 19.8 Å². The van der Waals surface area contributed by atoms with Gasteiger partial charge in [0.25, 0.3) is 0 Å². The lowest BCUT2D eigenvalue weighted by molar-refractivity contribution is 0.368. The highest BCUT2D eigenvalue weighted by Gasteiger charge is 2.03. The van der Waals surface area contributed by atoms with Crippen molar-refractivity contribution in [2.24, 2.45) is 0 Å². The first-order chi connectivity index (χ1) is 5.72. The van der Waals surface area contributed by atoms with Gasteiger partial charge < -0.3 is 9.42 Å². The topological polar surface area (TPSA) is 42.2 Å². The molecule has 4 nitrogen and oxygen atoms in total. The van der Waals surface area contributed by atoms with E-state index in [4.69, 9.17) is 4.52 Å². The minimum absolute atomic E-state index is 0.726. The van der Waals surface area contributed by atoms with E-state index in [1.807, 2.05) is 21.0 Å². The largest absolute Gasteiger partial charge is 0.339 e. The smallest absolute Gasteiger partial charge is 0.226 e. The molecule has 1 aromatic heterocycles. The zero-order valence-electron chi connectivity index (χ0n) is 7.87. The van der Waals surface area contributed by atoms with Gasteiger partial charge in [-0.15, -0.1) is 0 Å². The highest BCUT2D eigenvalue weighted by atomic mass is 16.5. The molecule has 0 radical (unpaired) electrons. The molecule has 0 bridgehead atoms. The van der Waals surface area contributed by atoms with Gasteiger partial charge in [-0.1, -0.05) is 12.1 Å². The Kier molecular flexibility index (Phi) is 3.22. The minimum atomic E-state index is 0.726. The van der Waals surface area contributed by atoms with E-state index in [-0.39, 0.29) is 0 Å². The first-order valence-corrected chi connectivity index (χ1v) is 4.18. The predicted octanol–water partition coefficient (Wildman–Crippen LogP) is 0.736. The van der Waals surface area contributed by atoms with E-state index in [1.165, 1.54) is 0 Å². The summed E-state index contributed by atoms with van der Waals surface area (Å²) in [7, 11) is 4.06. The molecule has 0 saturated carbocycles. The van der Waals surface area contributed by atoms with E-state index >= 15 is 0 Å². The van der Waals surface area contributed by atoms with Crippen LogP contribution in [0, 0.1) is 0 Å². The second-order valence-corrected chi connectivity index (χ2v) is 3.01. The molecule has 1 heterocycles. The molecule has 68 valence electrons. The highest BCUT2D eigenvalue weighted by Crippen LogP contribution is 1.98. The Morgan fingerprint density at radius 1 is 1.42 bits per heavy atom. The summed E-state index contributed by atoms with van der Waals surface area (Å²) >= 11 is 0. The average molecular weight is 169 g/mol. The van der Waals surface area contributed by atoms with Gasteiger partial charge in [-0.2, -0.15) is 4.98 Å². The van der Waals surface area contributed by atoms with E-state index in [0.29, 0.717) is 0 Å². The molecule has 0 atom stereocenters. The average Bonchev–Trinajstić information content (AvgIpc) is 2.48. The van der Waals surface area contributed by atoms with Crippen LogP contribution in [0.2, 0.25) is 0 Å². The van der Waals surface area contributed by atoms with Crippen LogP contribution in [0.25, 0.3) is 0 Å². The Labute approximate surface area is 72.6 Å². The van der Waals surface area contributed by atoms with E-state index in [0.717, 1.165) is 31.1 Å². The lowest BCUT2D eigenvalue weighted by atomic mass is 10.4. The molecule has 0 aliphatic rings. The summed E-state index contributed by atoms with van der Waals surface area (Å²) in [6.45, 7) is 2.96. The van der Waals surface area contributed by atoms with Crippen molar-refractivity contribution in [2.75, 3.05) is 20.6 Å². The van der Waals surface area contributed by atoms with Crippen molar-refractivity contribution in [1.29, 1.82) is 0 Å². The SMILES string of the molecule is CCc1nc(CCN(C)C)no1. The van der Waals surface area contributed by atoms with Gasteiger partial charge in [-0.3, -0.25) is 0 Å². The quantitative estimate of drug-likeness (QED) is 0.666. The minimum Gasteiger partial charge on any atom is -0.339 e. The lowest BCUT2D eigenvalue weighted by Gasteiger charge is -2.05. The first kappa shape index (κ1) is 9.19. The molecule has 0 unspecified atom stereocenters. The molecule has 0 aliphatic heterocycles. The molecule has 0 amide bonds. The number of nitrogens with zero attached hydrogens (tertiary/aromatic N) is 3. The maximum atomic E-state index is 4.97. The third-order valence-corrected chi connectivity index (χ3v) is 1.60. The first-order valence-electron chi connectivity index (χ1n) is 4.18. The van der Waals surface area contributed by atoms with Crippen LogP contribution in [-0.2, 0) is 12.8 Å². The Bertz CT molecular complexity index is 232. The zero-order valence-corrected chi connectivity index (χ0v) is 7.87. The van der Waals surface area contributed by atoms with Crippen LogP contribution in [0.1, 0.15) is 18.6 Å². The van der Waals surface area contributed by atoms with Crippen LogP contribution < -0.4 is 0 Å². The van der Waals surface area contributed by atoms with E-state index in [9.17, 15) is 0 Å². The fourth-order valence-electron chi connectivity index (χ4n) is 0.859. The van der Waals surface area contributed by atoms with E-state index < -0.39 is 0 Å². The van der Waals surface area contributed by atoms with E-state index in [2.05, 4.69) is 15.0 Å². The normalized spacial score (nSPS) is 11.0. The Morgan fingerprint density at radius 3 is 2.67 bits per heavy atom. The third kappa shape index (κ3) is 2.62. The summed E-state index contributed by atoms with van der Waals surface area (Å²) in [6, 6.07) is 0. The number of rotatable bonds is 4. The van der Waals surface area contributed by atoms with Crippen LogP contribution in [0.15, 0.2) is 4.52 Å². The van der Waals surface area contributed by atoms with Gasteiger partial charge in [-0.25, -0.2) is 0 Å². The number of likely N-dealkylation sites (N-methyl/N-ethyl adjacent to an activating group) is 1. The van der Waals surface area contributed by atoms with Crippen LogP contribution in [0.5, 0.6) is 0 Å². The van der Waals surface area contributed by atoms with Gasteiger partial charge in [0.1, 0.15) is 0 Å². The van der Waals surface area contributed by atoms with Crippen molar-refractivity contribution in [3.8, 4) is 0 Å².